The number of hydrogen-bond donors (Lipinski definition) is 1. The Bertz CT molecular complexity index is 568. The zero-order valence-corrected chi connectivity index (χ0v) is 13.0. The van der Waals surface area contributed by atoms with Crippen LogP contribution in [0.15, 0.2) is 35.4 Å². The number of thioether (sulfide) groups is 1. The molecule has 3 nitrogen and oxygen atoms in total. The van der Waals surface area contributed by atoms with Crippen LogP contribution in [0, 0.1) is 5.82 Å². The molecule has 0 aliphatic heterocycles. The average molecular weight is 314 g/mol. The zero-order valence-electron chi connectivity index (χ0n) is 11.4. The predicted octanol–water partition coefficient (Wildman–Crippen LogP) is 4.05. The van der Waals surface area contributed by atoms with Crippen LogP contribution in [0.1, 0.15) is 31.6 Å². The molecule has 108 valence electrons. The van der Waals surface area contributed by atoms with E-state index in [1.807, 2.05) is 18.5 Å². The van der Waals surface area contributed by atoms with Gasteiger partial charge in [-0.05, 0) is 38.1 Å². The molecule has 1 aromatic carbocycles. The van der Waals surface area contributed by atoms with Crippen LogP contribution in [-0.4, -0.2) is 15.5 Å². The quantitative estimate of drug-likeness (QED) is 0.847. The zero-order chi connectivity index (χ0) is 14.7. The van der Waals surface area contributed by atoms with Gasteiger partial charge in [0.25, 0.3) is 0 Å². The lowest BCUT2D eigenvalue weighted by Crippen LogP contribution is -2.20. The van der Waals surface area contributed by atoms with Crippen molar-refractivity contribution in [1.29, 1.82) is 0 Å². The maximum atomic E-state index is 12.8. The number of rotatable bonds is 5. The Balaban J connectivity index is 2.07. The maximum Gasteiger partial charge on any atom is 0.123 e. The van der Waals surface area contributed by atoms with Gasteiger partial charge in [0.2, 0.25) is 0 Å². The minimum atomic E-state index is -0.237. The third-order valence-corrected chi connectivity index (χ3v) is 4.29. The van der Waals surface area contributed by atoms with E-state index in [-0.39, 0.29) is 17.9 Å². The van der Waals surface area contributed by atoms with Gasteiger partial charge in [-0.1, -0.05) is 11.6 Å². The molecule has 2 rings (SSSR count). The SMILES string of the molecule is CC(C)n1ncc(Cl)c1C(N)CSc1ccc(F)cc1. The van der Waals surface area contributed by atoms with Crippen molar-refractivity contribution in [3.05, 3.63) is 47.0 Å². The summed E-state index contributed by atoms with van der Waals surface area (Å²) in [6.07, 6.45) is 1.62. The molecular formula is C14H17ClFN3S. The fourth-order valence-corrected chi connectivity index (χ4v) is 3.03. The third kappa shape index (κ3) is 3.53. The molecule has 1 unspecified atom stereocenters. The molecule has 0 radical (unpaired) electrons. The Morgan fingerprint density at radius 3 is 2.60 bits per heavy atom. The Kier molecular flexibility index (Phi) is 5.07. The fraction of sp³-hybridized carbons (Fsp3) is 0.357. The van der Waals surface area contributed by atoms with Crippen LogP contribution in [0.25, 0.3) is 0 Å². The largest absolute Gasteiger partial charge is 0.322 e. The van der Waals surface area contributed by atoms with Gasteiger partial charge in [-0.15, -0.1) is 11.8 Å². The van der Waals surface area contributed by atoms with E-state index < -0.39 is 0 Å². The summed E-state index contributed by atoms with van der Waals surface area (Å²) >= 11 is 7.74. The van der Waals surface area contributed by atoms with Crippen LogP contribution in [0.2, 0.25) is 5.02 Å². The lowest BCUT2D eigenvalue weighted by atomic mass is 10.2. The van der Waals surface area contributed by atoms with Gasteiger partial charge in [0, 0.05) is 16.7 Å². The van der Waals surface area contributed by atoms with E-state index in [0.717, 1.165) is 10.6 Å². The molecule has 0 aliphatic carbocycles. The smallest absolute Gasteiger partial charge is 0.123 e. The number of nitrogens with two attached hydrogens (primary N) is 1. The number of benzene rings is 1. The standard InChI is InChI=1S/C14H17ClFN3S/c1-9(2)19-14(12(15)7-18-19)13(17)8-20-11-5-3-10(16)4-6-11/h3-7,9,13H,8,17H2,1-2H3. The van der Waals surface area contributed by atoms with E-state index in [2.05, 4.69) is 5.10 Å². The van der Waals surface area contributed by atoms with Crippen molar-refractivity contribution in [2.24, 2.45) is 5.73 Å². The Morgan fingerprint density at radius 1 is 1.35 bits per heavy atom. The Labute approximate surface area is 127 Å². The summed E-state index contributed by atoms with van der Waals surface area (Å²) in [5, 5.41) is 4.84. The summed E-state index contributed by atoms with van der Waals surface area (Å²) in [7, 11) is 0. The van der Waals surface area contributed by atoms with Crippen LogP contribution in [0.5, 0.6) is 0 Å². The van der Waals surface area contributed by atoms with Gasteiger partial charge in [0.05, 0.1) is 23.0 Å². The highest BCUT2D eigenvalue weighted by Crippen LogP contribution is 2.29. The van der Waals surface area contributed by atoms with Crippen LogP contribution in [0.4, 0.5) is 4.39 Å². The van der Waals surface area contributed by atoms with Crippen LogP contribution in [0.3, 0.4) is 0 Å². The van der Waals surface area contributed by atoms with Crippen molar-refractivity contribution in [2.45, 2.75) is 30.8 Å². The first-order valence-corrected chi connectivity index (χ1v) is 7.72. The van der Waals surface area contributed by atoms with Crippen molar-refractivity contribution >= 4 is 23.4 Å². The van der Waals surface area contributed by atoms with E-state index >= 15 is 0 Å². The van der Waals surface area contributed by atoms with Gasteiger partial charge in [0.15, 0.2) is 0 Å². The van der Waals surface area contributed by atoms with Crippen molar-refractivity contribution in [3.63, 3.8) is 0 Å². The lowest BCUT2D eigenvalue weighted by Gasteiger charge is -2.17. The predicted molar refractivity (Wildman–Crippen MR) is 81.7 cm³/mol. The van der Waals surface area contributed by atoms with Gasteiger partial charge >= 0.3 is 0 Å². The molecule has 0 amide bonds. The van der Waals surface area contributed by atoms with E-state index in [1.54, 1.807) is 30.1 Å². The summed E-state index contributed by atoms with van der Waals surface area (Å²) in [6, 6.07) is 6.36. The molecule has 6 heteroatoms. The molecule has 2 aromatic rings. The second-order valence-corrected chi connectivity index (χ2v) is 6.29. The molecular weight excluding hydrogens is 297 g/mol. The molecule has 0 bridgehead atoms. The van der Waals surface area contributed by atoms with Gasteiger partial charge in [-0.25, -0.2) is 4.39 Å². The van der Waals surface area contributed by atoms with Crippen LogP contribution < -0.4 is 5.73 Å². The van der Waals surface area contributed by atoms with Crippen LogP contribution >= 0.6 is 23.4 Å². The van der Waals surface area contributed by atoms with E-state index in [4.69, 9.17) is 17.3 Å². The molecule has 0 aliphatic rings. The highest BCUT2D eigenvalue weighted by molar-refractivity contribution is 7.99. The van der Waals surface area contributed by atoms with Crippen molar-refractivity contribution in [1.82, 2.24) is 9.78 Å². The first-order chi connectivity index (χ1) is 9.49. The molecule has 0 saturated heterocycles. The maximum absolute atomic E-state index is 12.8. The number of hydrogen-bond acceptors (Lipinski definition) is 3. The molecule has 0 spiro atoms. The highest BCUT2D eigenvalue weighted by atomic mass is 35.5. The molecule has 0 fully saturated rings. The highest BCUT2D eigenvalue weighted by Gasteiger charge is 2.18. The minimum absolute atomic E-state index is 0.208. The summed E-state index contributed by atoms with van der Waals surface area (Å²) < 4.78 is 14.7. The topological polar surface area (TPSA) is 43.8 Å². The Hall–Kier alpha value is -1.04. The van der Waals surface area contributed by atoms with E-state index in [1.165, 1.54) is 12.1 Å². The van der Waals surface area contributed by atoms with Gasteiger partial charge in [-0.2, -0.15) is 5.10 Å². The number of nitrogens with zero attached hydrogens (tertiary/aromatic N) is 2. The summed E-state index contributed by atoms with van der Waals surface area (Å²) in [5.74, 6) is 0.420. The average Bonchev–Trinajstić information content (AvgIpc) is 2.80. The summed E-state index contributed by atoms with van der Waals surface area (Å²) in [4.78, 5) is 0.980. The van der Waals surface area contributed by atoms with Gasteiger partial charge < -0.3 is 5.73 Å². The molecule has 0 saturated carbocycles. The molecule has 1 aromatic heterocycles. The number of aromatic nitrogens is 2. The van der Waals surface area contributed by atoms with Gasteiger partial charge in [0.1, 0.15) is 5.82 Å². The second-order valence-electron chi connectivity index (χ2n) is 4.79. The van der Waals surface area contributed by atoms with Crippen LogP contribution in [-0.2, 0) is 0 Å². The third-order valence-electron chi connectivity index (χ3n) is 2.87. The second kappa shape index (κ2) is 6.61. The van der Waals surface area contributed by atoms with Crippen molar-refractivity contribution in [3.8, 4) is 0 Å². The normalized spacial score (nSPS) is 12.9. The fourth-order valence-electron chi connectivity index (χ4n) is 1.90. The molecule has 2 N–H and O–H groups in total. The molecule has 1 heterocycles. The first kappa shape index (κ1) is 15.4. The molecule has 20 heavy (non-hydrogen) atoms. The molecule has 1 atom stereocenters. The van der Waals surface area contributed by atoms with E-state index in [0.29, 0.717) is 10.8 Å². The van der Waals surface area contributed by atoms with Crippen molar-refractivity contribution < 1.29 is 4.39 Å². The summed E-state index contributed by atoms with van der Waals surface area (Å²) in [6.45, 7) is 4.07. The summed E-state index contributed by atoms with van der Waals surface area (Å²) in [5.41, 5.74) is 7.06. The van der Waals surface area contributed by atoms with Gasteiger partial charge in [-0.3, -0.25) is 4.68 Å². The first-order valence-electron chi connectivity index (χ1n) is 6.36. The van der Waals surface area contributed by atoms with E-state index in [9.17, 15) is 4.39 Å². The van der Waals surface area contributed by atoms with Crippen molar-refractivity contribution in [2.75, 3.05) is 5.75 Å². The monoisotopic (exact) mass is 313 g/mol. The minimum Gasteiger partial charge on any atom is -0.322 e. The number of halogens is 2. The Morgan fingerprint density at radius 2 is 2.00 bits per heavy atom. The lowest BCUT2D eigenvalue weighted by molar-refractivity contribution is 0.495.